The van der Waals surface area contributed by atoms with Gasteiger partial charge in [-0.25, -0.2) is 0 Å². The van der Waals surface area contributed by atoms with Gasteiger partial charge in [0, 0.05) is 13.1 Å². The van der Waals surface area contributed by atoms with Crippen LogP contribution in [0.15, 0.2) is 30.3 Å². The summed E-state index contributed by atoms with van der Waals surface area (Å²) in [4.78, 5) is 43.2. The molecule has 37 heavy (non-hydrogen) atoms. The number of rotatable bonds is 12. The van der Waals surface area contributed by atoms with Crippen LogP contribution in [0.3, 0.4) is 0 Å². The highest BCUT2D eigenvalue weighted by molar-refractivity contribution is 5.99. The fraction of sp³-hybridized carbons (Fsp3) is 0.690. The molecule has 0 saturated carbocycles. The predicted molar refractivity (Wildman–Crippen MR) is 140 cm³/mol. The first-order valence-electron chi connectivity index (χ1n) is 14.0. The summed E-state index contributed by atoms with van der Waals surface area (Å²) < 4.78 is 6.78. The molecule has 2 bridgehead atoms. The van der Waals surface area contributed by atoms with Crippen LogP contribution < -0.4 is 10.6 Å². The van der Waals surface area contributed by atoms with Crippen molar-refractivity contribution in [1.82, 2.24) is 15.5 Å². The maximum absolute atomic E-state index is 14.2. The fourth-order valence-electron chi connectivity index (χ4n) is 6.91. The Balaban J connectivity index is 1.68. The zero-order valence-corrected chi connectivity index (χ0v) is 22.7. The van der Waals surface area contributed by atoms with Gasteiger partial charge in [0.2, 0.25) is 17.7 Å². The van der Waals surface area contributed by atoms with Crippen LogP contribution in [0, 0.1) is 17.8 Å². The average molecular weight is 514 g/mol. The molecule has 3 N–H and O–H groups in total. The molecule has 204 valence electrons. The van der Waals surface area contributed by atoms with Crippen molar-refractivity contribution in [3.05, 3.63) is 35.9 Å². The quantitative estimate of drug-likeness (QED) is 0.373. The summed E-state index contributed by atoms with van der Waals surface area (Å²) in [5, 5.41) is 16.4. The van der Waals surface area contributed by atoms with E-state index in [2.05, 4.69) is 17.6 Å². The number of hydrogen-bond acceptors (Lipinski definition) is 5. The Bertz CT molecular complexity index is 985. The standard InChI is InChI=1S/C29H43N3O5/c1-5-7-11-16-30-26(35)24-29-15-14-28(6-2,37-29)22(25(34)31-17-20-12-9-8-10-13-20)23(29)27(36)32(24)21(18-33)19(3)4/h8-10,12-13,19,21-24,33H,5-7,11,14-18H2,1-4H3,(H,30,35)(H,31,34)/t21-,22-,23-,24?,28+,29?/m0/s1. The molecule has 3 saturated heterocycles. The third kappa shape index (κ3) is 4.67. The molecule has 0 aliphatic carbocycles. The average Bonchev–Trinajstić information content (AvgIpc) is 3.50. The van der Waals surface area contributed by atoms with Gasteiger partial charge in [0.05, 0.1) is 30.1 Å². The first-order chi connectivity index (χ1) is 17.8. The van der Waals surface area contributed by atoms with Gasteiger partial charge in [-0.1, -0.05) is 70.9 Å². The molecule has 4 rings (SSSR count). The number of nitrogens with one attached hydrogen (secondary N) is 2. The van der Waals surface area contributed by atoms with Gasteiger partial charge in [0.1, 0.15) is 11.6 Å². The van der Waals surface area contributed by atoms with Gasteiger partial charge in [0.25, 0.3) is 0 Å². The number of hydrogen-bond donors (Lipinski definition) is 3. The number of unbranched alkanes of at least 4 members (excludes halogenated alkanes) is 2. The Morgan fingerprint density at radius 3 is 2.46 bits per heavy atom. The molecule has 1 aromatic rings. The van der Waals surface area contributed by atoms with Gasteiger partial charge in [-0.2, -0.15) is 0 Å². The van der Waals surface area contributed by atoms with Crippen molar-refractivity contribution in [3.8, 4) is 0 Å². The lowest BCUT2D eigenvalue weighted by molar-refractivity contribution is -0.152. The van der Waals surface area contributed by atoms with Crippen molar-refractivity contribution >= 4 is 17.7 Å². The minimum absolute atomic E-state index is 0.0674. The van der Waals surface area contributed by atoms with E-state index in [4.69, 9.17) is 4.74 Å². The number of aliphatic hydroxyl groups excluding tert-OH is 1. The normalized spacial score (nSPS) is 31.0. The topological polar surface area (TPSA) is 108 Å². The van der Waals surface area contributed by atoms with E-state index in [9.17, 15) is 19.5 Å². The van der Waals surface area contributed by atoms with Crippen LogP contribution in [0.5, 0.6) is 0 Å². The minimum Gasteiger partial charge on any atom is -0.394 e. The summed E-state index contributed by atoms with van der Waals surface area (Å²) >= 11 is 0. The fourth-order valence-corrected chi connectivity index (χ4v) is 6.91. The number of carbonyl (C=O) groups excluding carboxylic acids is 3. The van der Waals surface area contributed by atoms with Crippen molar-refractivity contribution in [2.24, 2.45) is 17.8 Å². The molecule has 1 spiro atoms. The molecule has 8 nitrogen and oxygen atoms in total. The SMILES string of the molecule is CCCCCNC(=O)C1N([C@@H](CO)C(C)C)C(=O)[C@@H]2[C@@H](C(=O)NCc3ccccc3)[C@@]3(CC)CCC12O3. The second-order valence-corrected chi connectivity index (χ2v) is 11.3. The van der Waals surface area contributed by atoms with E-state index in [-0.39, 0.29) is 30.2 Å². The van der Waals surface area contributed by atoms with E-state index in [0.717, 1.165) is 24.8 Å². The van der Waals surface area contributed by atoms with Crippen molar-refractivity contribution < 1.29 is 24.2 Å². The van der Waals surface area contributed by atoms with Crippen LogP contribution in [0.4, 0.5) is 0 Å². The summed E-state index contributed by atoms with van der Waals surface area (Å²) in [7, 11) is 0. The molecular weight excluding hydrogens is 470 g/mol. The summed E-state index contributed by atoms with van der Waals surface area (Å²) in [6, 6.07) is 8.27. The molecule has 3 fully saturated rings. The smallest absolute Gasteiger partial charge is 0.245 e. The molecule has 3 aliphatic heterocycles. The molecular formula is C29H43N3O5. The third-order valence-electron chi connectivity index (χ3n) is 8.85. The van der Waals surface area contributed by atoms with Gasteiger partial charge >= 0.3 is 0 Å². The number of nitrogens with zero attached hydrogens (tertiary/aromatic N) is 1. The van der Waals surface area contributed by atoms with Gasteiger partial charge < -0.3 is 25.4 Å². The second-order valence-electron chi connectivity index (χ2n) is 11.3. The molecule has 2 unspecified atom stereocenters. The van der Waals surface area contributed by atoms with E-state index in [1.54, 1.807) is 4.90 Å². The van der Waals surface area contributed by atoms with E-state index in [1.165, 1.54) is 0 Å². The number of amides is 3. The Kier molecular flexibility index (Phi) is 8.29. The number of aliphatic hydroxyl groups is 1. The molecule has 0 radical (unpaired) electrons. The molecule has 0 aromatic heterocycles. The van der Waals surface area contributed by atoms with Crippen LogP contribution in [0.2, 0.25) is 0 Å². The summed E-state index contributed by atoms with van der Waals surface area (Å²) in [5.41, 5.74) is -0.872. The number of carbonyl (C=O) groups is 3. The Morgan fingerprint density at radius 1 is 1.11 bits per heavy atom. The summed E-state index contributed by atoms with van der Waals surface area (Å²) in [6.07, 6.45) is 4.65. The van der Waals surface area contributed by atoms with Gasteiger partial charge in [-0.15, -0.1) is 0 Å². The maximum atomic E-state index is 14.2. The molecule has 1 aromatic carbocycles. The second kappa shape index (κ2) is 11.1. The first-order valence-corrected chi connectivity index (χ1v) is 14.0. The molecule has 3 heterocycles. The highest BCUT2D eigenvalue weighted by atomic mass is 16.5. The zero-order chi connectivity index (χ0) is 26.8. The maximum Gasteiger partial charge on any atom is 0.245 e. The predicted octanol–water partition coefficient (Wildman–Crippen LogP) is 2.78. The number of ether oxygens (including phenoxy) is 1. The third-order valence-corrected chi connectivity index (χ3v) is 8.85. The van der Waals surface area contributed by atoms with Crippen LogP contribution >= 0.6 is 0 Å². The van der Waals surface area contributed by atoms with Crippen LogP contribution in [-0.2, 0) is 25.7 Å². The molecule has 3 amide bonds. The first kappa shape index (κ1) is 27.6. The molecule has 6 atom stereocenters. The van der Waals surface area contributed by atoms with Crippen molar-refractivity contribution in [2.75, 3.05) is 13.2 Å². The lowest BCUT2D eigenvalue weighted by atomic mass is 9.65. The van der Waals surface area contributed by atoms with Crippen LogP contribution in [-0.4, -0.2) is 64.2 Å². The zero-order valence-electron chi connectivity index (χ0n) is 22.7. The van der Waals surface area contributed by atoms with Crippen LogP contribution in [0.1, 0.15) is 71.8 Å². The van der Waals surface area contributed by atoms with E-state index in [1.807, 2.05) is 51.1 Å². The number of likely N-dealkylation sites (tertiary alicyclic amines) is 1. The van der Waals surface area contributed by atoms with E-state index < -0.39 is 35.1 Å². The van der Waals surface area contributed by atoms with E-state index in [0.29, 0.717) is 32.4 Å². The number of fused-ring (bicyclic) bond motifs is 1. The molecule has 3 aliphatic rings. The highest BCUT2D eigenvalue weighted by Crippen LogP contribution is 2.64. The Labute approximate surface area is 220 Å². The van der Waals surface area contributed by atoms with Gasteiger partial charge in [-0.3, -0.25) is 14.4 Å². The lowest BCUT2D eigenvalue weighted by Gasteiger charge is -2.38. The molecule has 8 heteroatoms. The largest absolute Gasteiger partial charge is 0.394 e. The monoisotopic (exact) mass is 513 g/mol. The van der Waals surface area contributed by atoms with Crippen LogP contribution in [0.25, 0.3) is 0 Å². The Morgan fingerprint density at radius 2 is 1.84 bits per heavy atom. The van der Waals surface area contributed by atoms with E-state index >= 15 is 0 Å². The highest BCUT2D eigenvalue weighted by Gasteiger charge is 2.79. The Hall–Kier alpha value is -2.45. The number of benzene rings is 1. The van der Waals surface area contributed by atoms with Gasteiger partial charge in [0.15, 0.2) is 0 Å². The van der Waals surface area contributed by atoms with Crippen molar-refractivity contribution in [2.45, 2.75) is 96.1 Å². The van der Waals surface area contributed by atoms with Gasteiger partial charge in [-0.05, 0) is 37.2 Å². The summed E-state index contributed by atoms with van der Waals surface area (Å²) in [6.45, 7) is 8.60. The summed E-state index contributed by atoms with van der Waals surface area (Å²) in [5.74, 6) is -2.22. The van der Waals surface area contributed by atoms with Crippen molar-refractivity contribution in [1.29, 1.82) is 0 Å². The van der Waals surface area contributed by atoms with Crippen molar-refractivity contribution in [3.63, 3.8) is 0 Å². The lowest BCUT2D eigenvalue weighted by Crippen LogP contribution is -2.59. The minimum atomic E-state index is -1.07.